The number of halogens is 1. The van der Waals surface area contributed by atoms with Gasteiger partial charge in [0, 0.05) is 6.07 Å². The molecule has 0 fully saturated rings. The SMILES string of the molecule is Nc1cc(N)n(-c2ccccc2Cl)n1. The van der Waals surface area contributed by atoms with Crippen LogP contribution in [0.4, 0.5) is 11.6 Å². The Hall–Kier alpha value is -1.68. The highest BCUT2D eigenvalue weighted by atomic mass is 35.5. The predicted molar refractivity (Wildman–Crippen MR) is 57.4 cm³/mol. The van der Waals surface area contributed by atoms with Crippen LogP contribution < -0.4 is 11.5 Å². The maximum atomic E-state index is 5.98. The van der Waals surface area contributed by atoms with Crippen LogP contribution in [0.25, 0.3) is 5.69 Å². The van der Waals surface area contributed by atoms with Gasteiger partial charge in [-0.15, -0.1) is 5.10 Å². The van der Waals surface area contributed by atoms with Crippen molar-refractivity contribution in [2.75, 3.05) is 11.5 Å². The van der Waals surface area contributed by atoms with Crippen molar-refractivity contribution >= 4 is 23.2 Å². The first-order valence-electron chi connectivity index (χ1n) is 4.04. The van der Waals surface area contributed by atoms with Gasteiger partial charge in [0.2, 0.25) is 0 Å². The Morgan fingerprint density at radius 3 is 2.50 bits per heavy atom. The zero-order valence-electron chi connectivity index (χ0n) is 7.31. The van der Waals surface area contributed by atoms with Gasteiger partial charge in [-0.3, -0.25) is 0 Å². The van der Waals surface area contributed by atoms with Crippen molar-refractivity contribution in [2.45, 2.75) is 0 Å². The first kappa shape index (κ1) is 8.90. The molecule has 4 N–H and O–H groups in total. The lowest BCUT2D eigenvalue weighted by atomic mass is 10.3. The molecule has 0 amide bonds. The van der Waals surface area contributed by atoms with Gasteiger partial charge >= 0.3 is 0 Å². The number of benzene rings is 1. The van der Waals surface area contributed by atoms with Crippen LogP contribution in [0.2, 0.25) is 5.02 Å². The molecule has 0 spiro atoms. The number of nitrogens with zero attached hydrogens (tertiary/aromatic N) is 2. The Morgan fingerprint density at radius 2 is 1.93 bits per heavy atom. The van der Waals surface area contributed by atoms with E-state index in [0.717, 1.165) is 5.69 Å². The van der Waals surface area contributed by atoms with Crippen molar-refractivity contribution in [2.24, 2.45) is 0 Å². The summed E-state index contributed by atoms with van der Waals surface area (Å²) in [6.07, 6.45) is 0. The van der Waals surface area contributed by atoms with Crippen LogP contribution in [0.5, 0.6) is 0 Å². The first-order valence-corrected chi connectivity index (χ1v) is 4.42. The predicted octanol–water partition coefficient (Wildman–Crippen LogP) is 1.69. The molecule has 1 aromatic carbocycles. The molecule has 0 aliphatic heterocycles. The van der Waals surface area contributed by atoms with E-state index in [1.54, 1.807) is 12.1 Å². The summed E-state index contributed by atoms with van der Waals surface area (Å²) in [4.78, 5) is 0. The highest BCUT2D eigenvalue weighted by molar-refractivity contribution is 6.32. The Balaban J connectivity index is 2.60. The van der Waals surface area contributed by atoms with Gasteiger partial charge in [0.05, 0.1) is 10.7 Å². The molecule has 4 nitrogen and oxygen atoms in total. The van der Waals surface area contributed by atoms with Crippen molar-refractivity contribution in [1.82, 2.24) is 9.78 Å². The third-order valence-electron chi connectivity index (χ3n) is 1.84. The average molecular weight is 209 g/mol. The second-order valence-electron chi connectivity index (χ2n) is 2.86. The summed E-state index contributed by atoms with van der Waals surface area (Å²) in [7, 11) is 0. The van der Waals surface area contributed by atoms with E-state index in [1.807, 2.05) is 18.2 Å². The van der Waals surface area contributed by atoms with Gasteiger partial charge in [-0.25, -0.2) is 4.68 Å². The summed E-state index contributed by atoms with van der Waals surface area (Å²) in [5.41, 5.74) is 11.9. The van der Waals surface area contributed by atoms with E-state index < -0.39 is 0 Å². The summed E-state index contributed by atoms with van der Waals surface area (Å²) in [5, 5.41) is 4.61. The smallest absolute Gasteiger partial charge is 0.148 e. The topological polar surface area (TPSA) is 69.9 Å². The quantitative estimate of drug-likeness (QED) is 0.749. The number of nitrogen functional groups attached to an aromatic ring is 2. The average Bonchev–Trinajstić information content (AvgIpc) is 2.46. The molecule has 0 bridgehead atoms. The molecule has 0 unspecified atom stereocenters. The lowest BCUT2D eigenvalue weighted by Gasteiger charge is -2.04. The van der Waals surface area contributed by atoms with E-state index in [4.69, 9.17) is 23.1 Å². The maximum Gasteiger partial charge on any atom is 0.148 e. The van der Waals surface area contributed by atoms with Crippen molar-refractivity contribution in [3.8, 4) is 5.69 Å². The third kappa shape index (κ3) is 1.40. The summed E-state index contributed by atoms with van der Waals surface area (Å²) in [5.74, 6) is 0.845. The van der Waals surface area contributed by atoms with Crippen LogP contribution in [0.15, 0.2) is 30.3 Å². The maximum absolute atomic E-state index is 5.98. The molecule has 1 aromatic heterocycles. The number of hydrogen-bond acceptors (Lipinski definition) is 3. The highest BCUT2D eigenvalue weighted by Gasteiger charge is 2.07. The first-order chi connectivity index (χ1) is 6.68. The van der Waals surface area contributed by atoms with Crippen molar-refractivity contribution < 1.29 is 0 Å². The van der Waals surface area contributed by atoms with Gasteiger partial charge in [0.25, 0.3) is 0 Å². The fourth-order valence-corrected chi connectivity index (χ4v) is 1.45. The molecule has 0 atom stereocenters. The second kappa shape index (κ2) is 3.23. The van der Waals surface area contributed by atoms with Crippen LogP contribution in [0, 0.1) is 0 Å². The van der Waals surface area contributed by atoms with E-state index in [2.05, 4.69) is 5.10 Å². The lowest BCUT2D eigenvalue weighted by molar-refractivity contribution is 0.897. The molecule has 2 rings (SSSR count). The molecule has 14 heavy (non-hydrogen) atoms. The van der Waals surface area contributed by atoms with Crippen molar-refractivity contribution in [3.63, 3.8) is 0 Å². The molecule has 2 aromatic rings. The minimum Gasteiger partial charge on any atom is -0.384 e. The van der Waals surface area contributed by atoms with Crippen LogP contribution in [0.1, 0.15) is 0 Å². The Morgan fingerprint density at radius 1 is 1.21 bits per heavy atom. The molecule has 0 saturated heterocycles. The number of rotatable bonds is 1. The molecule has 1 heterocycles. The van der Waals surface area contributed by atoms with Gasteiger partial charge in [-0.1, -0.05) is 23.7 Å². The molecule has 0 aliphatic carbocycles. The van der Waals surface area contributed by atoms with E-state index in [9.17, 15) is 0 Å². The molecule has 72 valence electrons. The summed E-state index contributed by atoms with van der Waals surface area (Å²) in [6, 6.07) is 8.88. The highest BCUT2D eigenvalue weighted by Crippen LogP contribution is 2.22. The number of anilines is 2. The molecule has 5 heteroatoms. The van der Waals surface area contributed by atoms with Gasteiger partial charge in [0.15, 0.2) is 0 Å². The summed E-state index contributed by atoms with van der Waals surface area (Å²) in [6.45, 7) is 0. The fraction of sp³-hybridized carbons (Fsp3) is 0. The number of nitrogens with two attached hydrogens (primary N) is 2. The van der Waals surface area contributed by atoms with Crippen LogP contribution in [-0.2, 0) is 0 Å². The van der Waals surface area contributed by atoms with E-state index in [0.29, 0.717) is 16.7 Å². The molecule has 0 radical (unpaired) electrons. The van der Waals surface area contributed by atoms with Gasteiger partial charge in [-0.2, -0.15) is 0 Å². The zero-order chi connectivity index (χ0) is 10.1. The fourth-order valence-electron chi connectivity index (χ4n) is 1.23. The molecule has 0 aliphatic rings. The minimum absolute atomic E-state index is 0.377. The standard InChI is InChI=1S/C9H9ClN4/c10-6-3-1-2-4-7(6)14-9(12)5-8(11)13-14/h1-5H,12H2,(H2,11,13). The van der Waals surface area contributed by atoms with E-state index in [-0.39, 0.29) is 0 Å². The second-order valence-corrected chi connectivity index (χ2v) is 3.26. The molecule has 0 saturated carbocycles. The monoisotopic (exact) mass is 208 g/mol. The molecular formula is C9H9ClN4. The summed E-state index contributed by atoms with van der Waals surface area (Å²) < 4.78 is 1.51. The van der Waals surface area contributed by atoms with Gasteiger partial charge in [0.1, 0.15) is 11.6 Å². The van der Waals surface area contributed by atoms with Gasteiger partial charge < -0.3 is 11.5 Å². The molecular weight excluding hydrogens is 200 g/mol. The Bertz CT molecular complexity index is 464. The number of para-hydroxylation sites is 1. The van der Waals surface area contributed by atoms with E-state index in [1.165, 1.54) is 4.68 Å². The largest absolute Gasteiger partial charge is 0.384 e. The Labute approximate surface area is 86.1 Å². The number of hydrogen-bond donors (Lipinski definition) is 2. The van der Waals surface area contributed by atoms with Crippen molar-refractivity contribution in [1.29, 1.82) is 0 Å². The van der Waals surface area contributed by atoms with Crippen LogP contribution in [-0.4, -0.2) is 9.78 Å². The Kier molecular flexibility index (Phi) is 2.05. The number of aromatic nitrogens is 2. The normalized spacial score (nSPS) is 10.4. The third-order valence-corrected chi connectivity index (χ3v) is 2.16. The van der Waals surface area contributed by atoms with Crippen molar-refractivity contribution in [3.05, 3.63) is 35.4 Å². The van der Waals surface area contributed by atoms with Crippen LogP contribution in [0.3, 0.4) is 0 Å². The van der Waals surface area contributed by atoms with Gasteiger partial charge in [-0.05, 0) is 12.1 Å². The van der Waals surface area contributed by atoms with Crippen LogP contribution >= 0.6 is 11.6 Å². The lowest BCUT2D eigenvalue weighted by Crippen LogP contribution is -2.02. The minimum atomic E-state index is 0.377. The summed E-state index contributed by atoms with van der Waals surface area (Å²) >= 11 is 5.98. The zero-order valence-corrected chi connectivity index (χ0v) is 8.07. The van der Waals surface area contributed by atoms with E-state index >= 15 is 0 Å².